The molecule has 0 fully saturated rings. The first-order valence-electron chi connectivity index (χ1n) is 19.0. The van der Waals surface area contributed by atoms with Crippen LogP contribution < -0.4 is 0 Å². The molecule has 0 radical (unpaired) electrons. The molecule has 0 amide bonds. The monoisotopic (exact) mass is 725 g/mol. The average Bonchev–Trinajstić information content (AvgIpc) is 3.54. The van der Waals surface area contributed by atoms with Gasteiger partial charge in [0.1, 0.15) is 0 Å². The van der Waals surface area contributed by atoms with Crippen molar-refractivity contribution < 1.29 is 0 Å². The van der Waals surface area contributed by atoms with Crippen LogP contribution in [0.4, 0.5) is 0 Å². The number of nitrogens with zero attached hydrogens (tertiary/aromatic N) is 5. The van der Waals surface area contributed by atoms with Gasteiger partial charge in [0.2, 0.25) is 0 Å². The average molecular weight is 726 g/mol. The van der Waals surface area contributed by atoms with E-state index in [0.717, 1.165) is 38.9 Å². The van der Waals surface area contributed by atoms with E-state index in [2.05, 4.69) is 138 Å². The van der Waals surface area contributed by atoms with E-state index in [1.807, 2.05) is 42.6 Å². The number of nitriles is 1. The second-order valence-corrected chi connectivity index (χ2v) is 14.5. The fourth-order valence-electron chi connectivity index (χ4n) is 8.99. The molecule has 7 aromatic carbocycles. The molecule has 264 valence electrons. The topological polar surface area (TPSA) is 75.3 Å². The van der Waals surface area contributed by atoms with E-state index in [4.69, 9.17) is 15.0 Å². The van der Waals surface area contributed by atoms with Crippen molar-refractivity contribution in [2.45, 2.75) is 5.41 Å². The van der Waals surface area contributed by atoms with E-state index in [-0.39, 0.29) is 0 Å². The zero-order chi connectivity index (χ0) is 37.9. The van der Waals surface area contributed by atoms with Gasteiger partial charge in [-0.25, -0.2) is 15.0 Å². The van der Waals surface area contributed by atoms with Crippen molar-refractivity contribution in [3.63, 3.8) is 0 Å². The second-order valence-electron chi connectivity index (χ2n) is 14.5. The van der Waals surface area contributed by atoms with Crippen LogP contribution in [0.5, 0.6) is 0 Å². The standard InChI is InChI=1S/C52H31N5/c53-31-33-19-21-35(22-20-33)49-55-50(36-25-23-34(24-26-36)38-10-9-29-54-32-38)57-51(56-49)37-27-28-48-44(30-37)40-12-2-1-11-39(40)41-13-3-6-16-45(41)52(48)46-17-7-4-14-42(46)43-15-5-8-18-47(43)52/h1-30,32H. The van der Waals surface area contributed by atoms with Gasteiger partial charge in [-0.05, 0) is 103 Å². The summed E-state index contributed by atoms with van der Waals surface area (Å²) in [6.45, 7) is 0. The molecule has 0 saturated heterocycles. The minimum absolute atomic E-state index is 0.536. The molecule has 11 rings (SSSR count). The van der Waals surface area contributed by atoms with Gasteiger partial charge < -0.3 is 0 Å². The molecule has 1 spiro atoms. The molecule has 0 bridgehead atoms. The Morgan fingerprint density at radius 3 is 1.35 bits per heavy atom. The Bertz CT molecular complexity index is 3030. The second kappa shape index (κ2) is 12.9. The maximum Gasteiger partial charge on any atom is 0.164 e. The first-order chi connectivity index (χ1) is 28.2. The van der Waals surface area contributed by atoms with E-state index >= 15 is 0 Å². The van der Waals surface area contributed by atoms with Crippen molar-refractivity contribution in [3.05, 3.63) is 216 Å². The van der Waals surface area contributed by atoms with Gasteiger partial charge in [0, 0.05) is 29.1 Å². The third-order valence-electron chi connectivity index (χ3n) is 11.5. The van der Waals surface area contributed by atoms with Crippen LogP contribution in [0.2, 0.25) is 0 Å². The van der Waals surface area contributed by atoms with E-state index in [1.165, 1.54) is 44.5 Å². The van der Waals surface area contributed by atoms with Crippen molar-refractivity contribution >= 4 is 0 Å². The van der Waals surface area contributed by atoms with Gasteiger partial charge in [-0.2, -0.15) is 5.26 Å². The highest BCUT2D eigenvalue weighted by Crippen LogP contribution is 2.61. The van der Waals surface area contributed by atoms with E-state index in [1.54, 1.807) is 18.3 Å². The summed E-state index contributed by atoms with van der Waals surface area (Å²) in [5.41, 5.74) is 16.9. The highest BCUT2D eigenvalue weighted by Gasteiger charge is 2.49. The normalized spacial score (nSPS) is 12.7. The number of hydrogen-bond acceptors (Lipinski definition) is 5. The van der Waals surface area contributed by atoms with Crippen molar-refractivity contribution in [1.29, 1.82) is 5.26 Å². The van der Waals surface area contributed by atoms with Crippen LogP contribution in [0, 0.1) is 11.3 Å². The first kappa shape index (κ1) is 32.6. The van der Waals surface area contributed by atoms with Gasteiger partial charge in [-0.1, -0.05) is 140 Å². The minimum atomic E-state index is -0.565. The molecule has 2 heterocycles. The molecule has 0 N–H and O–H groups in total. The largest absolute Gasteiger partial charge is 0.264 e. The molecular formula is C52H31N5. The number of hydrogen-bond donors (Lipinski definition) is 0. The van der Waals surface area contributed by atoms with Gasteiger partial charge in [0.05, 0.1) is 17.0 Å². The molecule has 0 saturated carbocycles. The Morgan fingerprint density at radius 2 is 0.807 bits per heavy atom. The van der Waals surface area contributed by atoms with Gasteiger partial charge in [0.15, 0.2) is 17.5 Å². The zero-order valence-electron chi connectivity index (χ0n) is 30.6. The summed E-state index contributed by atoms with van der Waals surface area (Å²) in [5, 5.41) is 9.52. The van der Waals surface area contributed by atoms with Crippen molar-refractivity contribution in [1.82, 2.24) is 19.9 Å². The lowest BCUT2D eigenvalue weighted by molar-refractivity contribution is 0.775. The Hall–Kier alpha value is -7.81. The van der Waals surface area contributed by atoms with Crippen LogP contribution in [0.25, 0.3) is 78.7 Å². The highest BCUT2D eigenvalue weighted by molar-refractivity contribution is 5.98. The maximum atomic E-state index is 9.52. The summed E-state index contributed by atoms with van der Waals surface area (Å²) in [6.07, 6.45) is 3.64. The first-order valence-corrected chi connectivity index (χ1v) is 19.0. The molecule has 0 unspecified atom stereocenters. The molecule has 2 aliphatic carbocycles. The van der Waals surface area contributed by atoms with Gasteiger partial charge in [0.25, 0.3) is 0 Å². The summed E-state index contributed by atoms with van der Waals surface area (Å²) < 4.78 is 0. The maximum absolute atomic E-state index is 9.52. The fraction of sp³-hybridized carbons (Fsp3) is 0.0192. The Kier molecular flexibility index (Phi) is 7.38. The molecule has 2 aliphatic rings. The summed E-state index contributed by atoms with van der Waals surface area (Å²) in [4.78, 5) is 19.6. The molecule has 57 heavy (non-hydrogen) atoms. The smallest absolute Gasteiger partial charge is 0.164 e. The summed E-state index contributed by atoms with van der Waals surface area (Å²) in [7, 11) is 0. The van der Waals surface area contributed by atoms with E-state index < -0.39 is 5.41 Å². The molecule has 5 nitrogen and oxygen atoms in total. The van der Waals surface area contributed by atoms with E-state index in [0.29, 0.717) is 23.0 Å². The molecule has 2 aromatic heterocycles. The Morgan fingerprint density at radius 1 is 0.368 bits per heavy atom. The van der Waals surface area contributed by atoms with Crippen molar-refractivity contribution in [3.8, 4) is 84.7 Å². The van der Waals surface area contributed by atoms with Crippen LogP contribution in [-0.4, -0.2) is 19.9 Å². The third-order valence-corrected chi connectivity index (χ3v) is 11.5. The molecule has 0 atom stereocenters. The third kappa shape index (κ3) is 5.01. The SMILES string of the molecule is N#Cc1ccc(-c2nc(-c3ccc(-c4cccnc4)cc3)nc(-c3ccc4c(c3)-c3ccccc3-c3ccccc3C43c4ccccc4-c4ccccc43)n2)cc1. The highest BCUT2D eigenvalue weighted by atomic mass is 15.0. The lowest BCUT2D eigenvalue weighted by Crippen LogP contribution is -2.29. The molecular weight excluding hydrogens is 695 g/mol. The van der Waals surface area contributed by atoms with Crippen molar-refractivity contribution in [2.24, 2.45) is 0 Å². The molecule has 0 aliphatic heterocycles. The number of benzene rings is 7. The summed E-state index contributed by atoms with van der Waals surface area (Å²) >= 11 is 0. The van der Waals surface area contributed by atoms with Gasteiger partial charge >= 0.3 is 0 Å². The number of pyridine rings is 1. The van der Waals surface area contributed by atoms with Crippen LogP contribution in [0.15, 0.2) is 188 Å². The predicted octanol–water partition coefficient (Wildman–Crippen LogP) is 11.8. The molecule has 5 heteroatoms. The van der Waals surface area contributed by atoms with Crippen molar-refractivity contribution in [2.75, 3.05) is 0 Å². The predicted molar refractivity (Wildman–Crippen MR) is 226 cm³/mol. The van der Waals surface area contributed by atoms with Crippen LogP contribution in [-0.2, 0) is 5.41 Å². The Labute approximate surface area is 330 Å². The number of fused-ring (bicyclic) bond motifs is 12. The van der Waals surface area contributed by atoms with E-state index in [9.17, 15) is 5.26 Å². The lowest BCUT2D eigenvalue weighted by Gasteiger charge is -2.35. The van der Waals surface area contributed by atoms with Crippen LogP contribution in [0.3, 0.4) is 0 Å². The quantitative estimate of drug-likeness (QED) is 0.181. The fourth-order valence-corrected chi connectivity index (χ4v) is 8.99. The Balaban J connectivity index is 1.16. The minimum Gasteiger partial charge on any atom is -0.264 e. The van der Waals surface area contributed by atoms with Crippen LogP contribution in [0.1, 0.15) is 27.8 Å². The van der Waals surface area contributed by atoms with Gasteiger partial charge in [-0.15, -0.1) is 0 Å². The summed E-state index contributed by atoms with van der Waals surface area (Å²) in [5.74, 6) is 1.67. The summed E-state index contributed by atoms with van der Waals surface area (Å²) in [6, 6.07) is 64.0. The number of aromatic nitrogens is 4. The van der Waals surface area contributed by atoms with Gasteiger partial charge in [-0.3, -0.25) is 4.98 Å². The van der Waals surface area contributed by atoms with Crippen LogP contribution >= 0.6 is 0 Å². The lowest BCUT2D eigenvalue weighted by atomic mass is 9.66. The number of rotatable bonds is 4. The molecule has 9 aromatic rings. The zero-order valence-corrected chi connectivity index (χ0v) is 30.6.